The molecule has 0 saturated heterocycles. The first-order valence-corrected chi connectivity index (χ1v) is 6.13. The van der Waals surface area contributed by atoms with E-state index in [-0.39, 0.29) is 11.2 Å². The van der Waals surface area contributed by atoms with Crippen molar-refractivity contribution in [2.75, 3.05) is 5.75 Å². The van der Waals surface area contributed by atoms with E-state index < -0.39 is 0 Å². The van der Waals surface area contributed by atoms with Crippen LogP contribution in [0.5, 0.6) is 0 Å². The average molecular weight is 277 g/mol. The maximum Gasteiger partial charge on any atom is 0.329 e. The van der Waals surface area contributed by atoms with Gasteiger partial charge in [-0.05, 0) is 34.5 Å². The van der Waals surface area contributed by atoms with Gasteiger partial charge < -0.3 is 0 Å². The van der Waals surface area contributed by atoms with Crippen LogP contribution in [-0.4, -0.2) is 15.3 Å². The lowest BCUT2D eigenvalue weighted by molar-refractivity contribution is 0.562. The van der Waals surface area contributed by atoms with Crippen molar-refractivity contribution in [2.45, 2.75) is 24.4 Å². The van der Waals surface area contributed by atoms with E-state index in [9.17, 15) is 9.59 Å². The van der Waals surface area contributed by atoms with E-state index in [0.717, 1.165) is 23.6 Å². The van der Waals surface area contributed by atoms with Crippen LogP contribution in [0.15, 0.2) is 19.1 Å². The van der Waals surface area contributed by atoms with Gasteiger partial charge in [-0.2, -0.15) is 0 Å². The lowest BCUT2D eigenvalue weighted by Crippen LogP contribution is -2.31. The highest BCUT2D eigenvalue weighted by Gasteiger charge is 2.15. The maximum atomic E-state index is 11.5. The molecule has 0 amide bonds. The Bertz CT molecular complexity index is 465. The van der Waals surface area contributed by atoms with Crippen molar-refractivity contribution in [3.8, 4) is 0 Å². The number of hydrogen-bond acceptors (Lipinski definition) is 3. The summed E-state index contributed by atoms with van der Waals surface area (Å²) in [6.45, 7) is 0.691. The van der Waals surface area contributed by atoms with Crippen molar-refractivity contribution >= 4 is 27.7 Å². The molecule has 2 rings (SSSR count). The number of nitrogens with one attached hydrogen (secondary N) is 1. The van der Waals surface area contributed by atoms with Gasteiger partial charge >= 0.3 is 5.69 Å². The fourth-order valence-corrected chi connectivity index (χ4v) is 3.16. The molecule has 0 saturated carbocycles. The molecule has 4 nitrogen and oxygen atoms in total. The van der Waals surface area contributed by atoms with Crippen LogP contribution in [0, 0.1) is 0 Å². The van der Waals surface area contributed by atoms with Gasteiger partial charge in [-0.25, -0.2) is 4.79 Å². The number of aromatic nitrogens is 2. The Balaban J connectivity index is 2.69. The van der Waals surface area contributed by atoms with E-state index in [0.29, 0.717) is 11.0 Å². The Morgan fingerprint density at radius 3 is 2.93 bits per heavy atom. The number of H-pyrrole nitrogens is 1. The molecule has 1 aliphatic heterocycles. The van der Waals surface area contributed by atoms with Gasteiger partial charge in [0, 0.05) is 6.54 Å². The van der Waals surface area contributed by atoms with Crippen LogP contribution in [0.2, 0.25) is 0 Å². The van der Waals surface area contributed by atoms with Gasteiger partial charge in [0.2, 0.25) is 0 Å². The summed E-state index contributed by atoms with van der Waals surface area (Å²) < 4.78 is 2.10. The van der Waals surface area contributed by atoms with E-state index in [1.54, 1.807) is 16.3 Å². The number of halogens is 1. The second-order valence-corrected chi connectivity index (χ2v) is 4.96. The molecule has 1 aliphatic rings. The Hall–Kier alpha value is -0.490. The topological polar surface area (TPSA) is 54.9 Å². The molecule has 14 heavy (non-hydrogen) atoms. The van der Waals surface area contributed by atoms with Gasteiger partial charge in [0.15, 0.2) is 0 Å². The summed E-state index contributed by atoms with van der Waals surface area (Å²) in [4.78, 5) is 25.0. The Morgan fingerprint density at radius 2 is 2.14 bits per heavy atom. The standard InChI is InChI=1S/C8H9BrN2O2S/c9-5-6(12)10-8(13)11-3-1-2-4-14-7(5)11/h1-4H2,(H,10,12,13). The highest BCUT2D eigenvalue weighted by Crippen LogP contribution is 2.26. The van der Waals surface area contributed by atoms with Gasteiger partial charge in [-0.3, -0.25) is 14.3 Å². The molecule has 0 unspecified atom stereocenters. The number of hydrogen-bond donors (Lipinski definition) is 1. The number of aromatic amines is 1. The normalized spacial score (nSPS) is 16.1. The zero-order chi connectivity index (χ0) is 10.1. The van der Waals surface area contributed by atoms with Crippen LogP contribution in [0.3, 0.4) is 0 Å². The van der Waals surface area contributed by atoms with Crippen molar-refractivity contribution in [3.05, 3.63) is 25.3 Å². The second-order valence-electron chi connectivity index (χ2n) is 3.09. The zero-order valence-electron chi connectivity index (χ0n) is 7.38. The summed E-state index contributed by atoms with van der Waals surface area (Å²) in [6, 6.07) is 0. The average Bonchev–Trinajstić information content (AvgIpc) is 2.39. The van der Waals surface area contributed by atoms with Crippen LogP contribution < -0.4 is 11.2 Å². The summed E-state index contributed by atoms with van der Waals surface area (Å²) in [5.74, 6) is 0.960. The third-order valence-electron chi connectivity index (χ3n) is 2.11. The van der Waals surface area contributed by atoms with Crippen molar-refractivity contribution in [1.29, 1.82) is 0 Å². The lowest BCUT2D eigenvalue weighted by Gasteiger charge is -2.08. The van der Waals surface area contributed by atoms with Gasteiger partial charge in [0.1, 0.15) is 4.47 Å². The first kappa shape index (κ1) is 10.0. The van der Waals surface area contributed by atoms with E-state index in [2.05, 4.69) is 20.9 Å². The molecule has 2 heterocycles. The van der Waals surface area contributed by atoms with Crippen LogP contribution in [-0.2, 0) is 6.54 Å². The molecule has 0 spiro atoms. The molecule has 0 radical (unpaired) electrons. The molecule has 0 aromatic carbocycles. The van der Waals surface area contributed by atoms with Crippen LogP contribution >= 0.6 is 27.7 Å². The van der Waals surface area contributed by atoms with E-state index >= 15 is 0 Å². The highest BCUT2D eigenvalue weighted by atomic mass is 79.9. The van der Waals surface area contributed by atoms with Crippen molar-refractivity contribution < 1.29 is 0 Å². The predicted octanol–water partition coefficient (Wildman–Crippen LogP) is 1.19. The molecular weight excluding hydrogens is 268 g/mol. The number of thioether (sulfide) groups is 1. The van der Waals surface area contributed by atoms with Crippen LogP contribution in [0.25, 0.3) is 0 Å². The minimum absolute atomic E-state index is 0.303. The highest BCUT2D eigenvalue weighted by molar-refractivity contribution is 9.10. The fourth-order valence-electron chi connectivity index (χ4n) is 1.41. The predicted molar refractivity (Wildman–Crippen MR) is 59.0 cm³/mol. The number of rotatable bonds is 0. The third-order valence-corrected chi connectivity index (χ3v) is 4.30. The van der Waals surface area contributed by atoms with Crippen molar-refractivity contribution in [1.82, 2.24) is 9.55 Å². The molecule has 1 N–H and O–H groups in total. The Kier molecular flexibility index (Phi) is 2.83. The van der Waals surface area contributed by atoms with E-state index in [4.69, 9.17) is 0 Å². The fraction of sp³-hybridized carbons (Fsp3) is 0.500. The second kappa shape index (κ2) is 3.94. The molecule has 1 aromatic rings. The molecule has 0 atom stereocenters. The molecule has 0 aliphatic carbocycles. The molecule has 1 aromatic heterocycles. The Labute approximate surface area is 92.8 Å². The number of nitrogens with zero attached hydrogens (tertiary/aromatic N) is 1. The molecular formula is C8H9BrN2O2S. The summed E-state index contributed by atoms with van der Waals surface area (Å²) >= 11 is 4.77. The van der Waals surface area contributed by atoms with Gasteiger partial charge in [-0.15, -0.1) is 11.8 Å². The summed E-state index contributed by atoms with van der Waals surface area (Å²) in [7, 11) is 0. The van der Waals surface area contributed by atoms with Crippen molar-refractivity contribution in [3.63, 3.8) is 0 Å². The first-order chi connectivity index (χ1) is 6.70. The van der Waals surface area contributed by atoms with Crippen molar-refractivity contribution in [2.24, 2.45) is 0 Å². The minimum atomic E-state index is -0.337. The van der Waals surface area contributed by atoms with E-state index in [1.807, 2.05) is 0 Å². The SMILES string of the molecule is O=c1[nH]c(=O)n2c(c1Br)SCCCC2. The maximum absolute atomic E-state index is 11.5. The summed E-state index contributed by atoms with van der Waals surface area (Å²) in [5.41, 5.74) is -0.641. The molecule has 0 fully saturated rings. The molecule has 6 heteroatoms. The van der Waals surface area contributed by atoms with E-state index in [1.165, 1.54) is 0 Å². The van der Waals surface area contributed by atoms with Gasteiger partial charge in [0.05, 0.1) is 5.03 Å². The summed E-state index contributed by atoms with van der Waals surface area (Å²) in [5, 5.41) is 0.760. The first-order valence-electron chi connectivity index (χ1n) is 4.35. The quantitative estimate of drug-likeness (QED) is 0.725. The molecule has 76 valence electrons. The summed E-state index contributed by atoms with van der Waals surface area (Å²) in [6.07, 6.45) is 2.06. The monoisotopic (exact) mass is 276 g/mol. The Morgan fingerprint density at radius 1 is 1.36 bits per heavy atom. The molecule has 0 bridgehead atoms. The smallest absolute Gasteiger partial charge is 0.287 e. The largest absolute Gasteiger partial charge is 0.329 e. The van der Waals surface area contributed by atoms with Crippen LogP contribution in [0.1, 0.15) is 12.8 Å². The van der Waals surface area contributed by atoms with Gasteiger partial charge in [-0.1, -0.05) is 0 Å². The lowest BCUT2D eigenvalue weighted by atomic mass is 10.3. The van der Waals surface area contributed by atoms with Crippen LogP contribution in [0.4, 0.5) is 0 Å². The minimum Gasteiger partial charge on any atom is -0.287 e. The third kappa shape index (κ3) is 1.68. The zero-order valence-corrected chi connectivity index (χ0v) is 9.78. The van der Waals surface area contributed by atoms with Gasteiger partial charge in [0.25, 0.3) is 5.56 Å². The number of fused-ring (bicyclic) bond motifs is 1.